The minimum Gasteiger partial charge on any atom is -0.397 e. The molecule has 1 aliphatic rings. The summed E-state index contributed by atoms with van der Waals surface area (Å²) in [6.45, 7) is 1.49. The molecule has 192 valence electrons. The standard InChI is InChI=1S/C28H27F3N4O2/c29-28(30,31)21-12-14-22(15-13-21)33-27(37)26(35-17-3-4-18-35)20-10-7-19(8-11-20)9-16-25(36)34-24-6-2-1-5-23(24)32/h1-2,5-16,26H,3-4,17-18,32H2,(H,33,37)(H,34,36)/b16-9+. The smallest absolute Gasteiger partial charge is 0.397 e. The van der Waals surface area contributed by atoms with Gasteiger partial charge in [0.25, 0.3) is 0 Å². The number of likely N-dealkylation sites (tertiary alicyclic amines) is 1. The van der Waals surface area contributed by atoms with E-state index in [-0.39, 0.29) is 11.8 Å². The number of para-hydroxylation sites is 2. The molecule has 4 N–H and O–H groups in total. The predicted octanol–water partition coefficient (Wildman–Crippen LogP) is 5.72. The van der Waals surface area contributed by atoms with E-state index in [9.17, 15) is 22.8 Å². The number of nitrogen functional groups attached to an aromatic ring is 1. The van der Waals surface area contributed by atoms with Crippen molar-refractivity contribution in [2.45, 2.75) is 25.1 Å². The first-order valence-electron chi connectivity index (χ1n) is 11.9. The van der Waals surface area contributed by atoms with Crippen molar-refractivity contribution in [3.8, 4) is 0 Å². The van der Waals surface area contributed by atoms with Crippen LogP contribution < -0.4 is 16.4 Å². The summed E-state index contributed by atoms with van der Waals surface area (Å²) >= 11 is 0. The molecule has 0 bridgehead atoms. The third-order valence-electron chi connectivity index (χ3n) is 6.13. The summed E-state index contributed by atoms with van der Waals surface area (Å²) in [6.07, 6.45) is 0.548. The molecule has 0 spiro atoms. The Hall–Kier alpha value is -4.11. The number of carbonyl (C=O) groups is 2. The molecule has 1 fully saturated rings. The number of nitrogens with two attached hydrogens (primary N) is 1. The van der Waals surface area contributed by atoms with Crippen molar-refractivity contribution in [1.29, 1.82) is 0 Å². The van der Waals surface area contributed by atoms with Crippen LogP contribution in [0.4, 0.5) is 30.2 Å². The van der Waals surface area contributed by atoms with Gasteiger partial charge in [-0.15, -0.1) is 0 Å². The number of nitrogens with zero attached hydrogens (tertiary/aromatic N) is 1. The van der Waals surface area contributed by atoms with Gasteiger partial charge in [0.05, 0.1) is 16.9 Å². The zero-order valence-electron chi connectivity index (χ0n) is 20.0. The molecule has 3 aromatic rings. The minimum atomic E-state index is -4.44. The molecule has 0 radical (unpaired) electrons. The van der Waals surface area contributed by atoms with E-state index in [1.807, 2.05) is 24.3 Å². The molecule has 0 aromatic heterocycles. The largest absolute Gasteiger partial charge is 0.416 e. The number of alkyl halides is 3. The van der Waals surface area contributed by atoms with Crippen LogP contribution in [0.1, 0.15) is 35.6 Å². The lowest BCUT2D eigenvalue weighted by Gasteiger charge is -2.27. The molecule has 3 aromatic carbocycles. The summed E-state index contributed by atoms with van der Waals surface area (Å²) < 4.78 is 38.6. The van der Waals surface area contributed by atoms with Crippen LogP contribution in [0.5, 0.6) is 0 Å². The Morgan fingerprint density at radius 1 is 0.892 bits per heavy atom. The van der Waals surface area contributed by atoms with Crippen LogP contribution in [-0.4, -0.2) is 29.8 Å². The van der Waals surface area contributed by atoms with Crippen molar-refractivity contribution in [2.75, 3.05) is 29.5 Å². The first kappa shape index (κ1) is 26.0. The second-order valence-electron chi connectivity index (χ2n) is 8.79. The highest BCUT2D eigenvalue weighted by Gasteiger charge is 2.31. The molecule has 4 rings (SSSR count). The van der Waals surface area contributed by atoms with Gasteiger partial charge in [-0.25, -0.2) is 0 Å². The lowest BCUT2D eigenvalue weighted by Crippen LogP contribution is -2.35. The average molecular weight is 509 g/mol. The van der Waals surface area contributed by atoms with E-state index in [4.69, 9.17) is 5.73 Å². The lowest BCUT2D eigenvalue weighted by atomic mass is 10.0. The van der Waals surface area contributed by atoms with Crippen molar-refractivity contribution >= 4 is 35.0 Å². The molecule has 1 heterocycles. The number of carbonyl (C=O) groups excluding carboxylic acids is 2. The second-order valence-corrected chi connectivity index (χ2v) is 8.79. The van der Waals surface area contributed by atoms with E-state index < -0.39 is 17.8 Å². The number of amides is 2. The van der Waals surface area contributed by atoms with Crippen molar-refractivity contribution in [2.24, 2.45) is 0 Å². The summed E-state index contributed by atoms with van der Waals surface area (Å²) in [4.78, 5) is 27.5. The number of hydrogen-bond acceptors (Lipinski definition) is 4. The molecule has 6 nitrogen and oxygen atoms in total. The van der Waals surface area contributed by atoms with Crippen LogP contribution in [0.25, 0.3) is 6.08 Å². The van der Waals surface area contributed by atoms with Gasteiger partial charge < -0.3 is 16.4 Å². The summed E-state index contributed by atoms with van der Waals surface area (Å²) in [5, 5.41) is 5.48. The maximum Gasteiger partial charge on any atom is 0.416 e. The number of hydrogen-bond donors (Lipinski definition) is 3. The number of halogens is 3. The molecule has 0 aliphatic carbocycles. The zero-order chi connectivity index (χ0) is 26.4. The van der Waals surface area contributed by atoms with Gasteiger partial charge in [-0.3, -0.25) is 14.5 Å². The molecule has 9 heteroatoms. The Morgan fingerprint density at radius 2 is 1.54 bits per heavy atom. The first-order chi connectivity index (χ1) is 17.7. The Labute approximate surface area is 213 Å². The van der Waals surface area contributed by atoms with Crippen molar-refractivity contribution < 1.29 is 22.8 Å². The molecular weight excluding hydrogens is 481 g/mol. The van der Waals surface area contributed by atoms with Gasteiger partial charge in [0, 0.05) is 11.8 Å². The fraction of sp³-hybridized carbons (Fsp3) is 0.214. The third-order valence-corrected chi connectivity index (χ3v) is 6.13. The van der Waals surface area contributed by atoms with Crippen LogP contribution in [0.3, 0.4) is 0 Å². The highest BCUT2D eigenvalue weighted by Crippen LogP contribution is 2.31. The maximum atomic E-state index is 13.2. The SMILES string of the molecule is Nc1ccccc1NC(=O)/C=C/c1ccc(C(C(=O)Nc2ccc(C(F)(F)F)cc2)N2CCCC2)cc1. The van der Waals surface area contributed by atoms with Crippen LogP contribution in [0.2, 0.25) is 0 Å². The third kappa shape index (κ3) is 6.77. The first-order valence-corrected chi connectivity index (χ1v) is 11.9. The van der Waals surface area contributed by atoms with E-state index in [1.165, 1.54) is 18.2 Å². The van der Waals surface area contributed by atoms with E-state index in [2.05, 4.69) is 15.5 Å². The lowest BCUT2D eigenvalue weighted by molar-refractivity contribution is -0.137. The quantitative estimate of drug-likeness (QED) is 0.282. The van der Waals surface area contributed by atoms with Crippen LogP contribution in [0.15, 0.2) is 78.9 Å². The minimum absolute atomic E-state index is 0.298. The van der Waals surface area contributed by atoms with Gasteiger partial charge in [-0.2, -0.15) is 13.2 Å². The zero-order valence-corrected chi connectivity index (χ0v) is 20.0. The Kier molecular flexibility index (Phi) is 7.93. The molecule has 1 aliphatic heterocycles. The molecular formula is C28H27F3N4O2. The van der Waals surface area contributed by atoms with Gasteiger partial charge >= 0.3 is 6.18 Å². The number of anilines is 3. The van der Waals surface area contributed by atoms with Crippen LogP contribution in [0, 0.1) is 0 Å². The molecule has 1 atom stereocenters. The Bertz CT molecular complexity index is 1270. The molecule has 37 heavy (non-hydrogen) atoms. The second kappa shape index (κ2) is 11.3. The summed E-state index contributed by atoms with van der Waals surface area (Å²) in [5.41, 5.74) is 7.89. The molecule has 0 saturated carbocycles. The molecule has 2 amide bonds. The summed E-state index contributed by atoms with van der Waals surface area (Å²) in [7, 11) is 0. The van der Waals surface area contributed by atoms with Gasteiger partial charge in [-0.1, -0.05) is 36.4 Å². The van der Waals surface area contributed by atoms with Crippen molar-refractivity contribution in [1.82, 2.24) is 4.90 Å². The van der Waals surface area contributed by atoms with Gasteiger partial charge in [0.15, 0.2) is 0 Å². The van der Waals surface area contributed by atoms with Crippen molar-refractivity contribution in [3.05, 3.63) is 95.6 Å². The highest BCUT2D eigenvalue weighted by molar-refractivity contribution is 6.03. The number of rotatable bonds is 7. The van der Waals surface area contributed by atoms with Crippen LogP contribution >= 0.6 is 0 Å². The monoisotopic (exact) mass is 508 g/mol. The normalized spacial score (nSPS) is 15.0. The Morgan fingerprint density at radius 3 is 2.16 bits per heavy atom. The molecule has 1 saturated heterocycles. The predicted molar refractivity (Wildman–Crippen MR) is 139 cm³/mol. The highest BCUT2D eigenvalue weighted by atomic mass is 19.4. The number of nitrogens with one attached hydrogen (secondary N) is 2. The van der Waals surface area contributed by atoms with E-state index in [1.54, 1.807) is 30.3 Å². The summed E-state index contributed by atoms with van der Waals surface area (Å²) in [5.74, 6) is -0.641. The molecule has 1 unspecified atom stereocenters. The summed E-state index contributed by atoms with van der Waals surface area (Å²) in [6, 6.07) is 18.0. The van der Waals surface area contributed by atoms with E-state index in [0.717, 1.165) is 49.2 Å². The van der Waals surface area contributed by atoms with Gasteiger partial charge in [0.1, 0.15) is 6.04 Å². The maximum absolute atomic E-state index is 13.2. The topological polar surface area (TPSA) is 87.5 Å². The van der Waals surface area contributed by atoms with Gasteiger partial charge in [-0.05, 0) is 79.5 Å². The van der Waals surface area contributed by atoms with E-state index in [0.29, 0.717) is 17.1 Å². The van der Waals surface area contributed by atoms with Gasteiger partial charge in [0.2, 0.25) is 11.8 Å². The average Bonchev–Trinajstić information content (AvgIpc) is 3.39. The van der Waals surface area contributed by atoms with Crippen molar-refractivity contribution in [3.63, 3.8) is 0 Å². The fourth-order valence-corrected chi connectivity index (χ4v) is 4.23. The number of benzene rings is 3. The Balaban J connectivity index is 1.45. The van der Waals surface area contributed by atoms with Crippen LogP contribution in [-0.2, 0) is 15.8 Å². The fourth-order valence-electron chi connectivity index (χ4n) is 4.23. The van der Waals surface area contributed by atoms with E-state index >= 15 is 0 Å².